The quantitative estimate of drug-likeness (QED) is 0.113. The molecule has 7 aromatic rings. The maximum absolute atomic E-state index is 8.93. The largest absolute Gasteiger partial charge is 0.501 e. The van der Waals surface area contributed by atoms with Gasteiger partial charge in [-0.05, 0) is 70.0 Å². The minimum atomic E-state index is -2.13. The minimum absolute atomic E-state index is 0. The van der Waals surface area contributed by atoms with Gasteiger partial charge in [0, 0.05) is 46.1 Å². The van der Waals surface area contributed by atoms with E-state index in [1.54, 1.807) is 18.3 Å². The Morgan fingerprint density at radius 1 is 0.870 bits per heavy atom. The van der Waals surface area contributed by atoms with Crippen molar-refractivity contribution in [2.75, 3.05) is 0 Å². The third-order valence-electron chi connectivity index (χ3n) is 10.4. The molecule has 0 spiro atoms. The number of benzene rings is 4. The fourth-order valence-corrected chi connectivity index (χ4v) is 8.66. The van der Waals surface area contributed by atoms with Gasteiger partial charge in [0.25, 0.3) is 0 Å². The Bertz CT molecular complexity index is 2570. The number of nitrogens with zero attached hydrogens (tertiary/aromatic N) is 2. The first kappa shape index (κ1) is 32.1. The molecule has 1 fully saturated rings. The number of rotatable bonds is 8. The summed E-state index contributed by atoms with van der Waals surface area (Å²) in [5.74, 6) is -0.490. The summed E-state index contributed by atoms with van der Waals surface area (Å²) in [7, 11) is -1.66. The van der Waals surface area contributed by atoms with Crippen molar-refractivity contribution >= 4 is 35.2 Å². The van der Waals surface area contributed by atoms with Crippen molar-refractivity contribution in [2.45, 2.75) is 85.2 Å². The van der Waals surface area contributed by atoms with Gasteiger partial charge >= 0.3 is 0 Å². The predicted molar refractivity (Wildman–Crippen MR) is 226 cm³/mol. The molecule has 4 aromatic carbocycles. The van der Waals surface area contributed by atoms with Crippen LogP contribution in [0.2, 0.25) is 19.6 Å². The molecule has 1 saturated carbocycles. The summed E-state index contributed by atoms with van der Waals surface area (Å²) in [5.41, 5.74) is 8.80. The van der Waals surface area contributed by atoms with Crippen molar-refractivity contribution in [3.8, 4) is 33.6 Å². The zero-order valence-electron chi connectivity index (χ0n) is 38.0. The van der Waals surface area contributed by atoms with E-state index in [9.17, 15) is 0 Å². The molecule has 1 radical (unpaired) electrons. The van der Waals surface area contributed by atoms with Crippen molar-refractivity contribution in [3.05, 3.63) is 138 Å². The molecule has 3 nitrogen and oxygen atoms in total. The fraction of sp³-hybridized carbons (Fsp3) is 0.306. The Hall–Kier alpha value is -4.15. The van der Waals surface area contributed by atoms with E-state index in [2.05, 4.69) is 79.9 Å². The van der Waals surface area contributed by atoms with Crippen molar-refractivity contribution in [1.29, 1.82) is 0 Å². The first-order chi connectivity index (χ1) is 27.9. The monoisotopic (exact) mass is 911 g/mol. The van der Waals surface area contributed by atoms with Crippen molar-refractivity contribution in [1.82, 2.24) is 9.97 Å². The molecule has 54 heavy (non-hydrogen) atoms. The van der Waals surface area contributed by atoms with Crippen molar-refractivity contribution < 1.29 is 32.7 Å². The molecule has 0 aliphatic heterocycles. The first-order valence-electron chi connectivity index (χ1n) is 21.8. The van der Waals surface area contributed by atoms with Crippen LogP contribution in [0.3, 0.4) is 0 Å². The van der Waals surface area contributed by atoms with E-state index in [1.165, 1.54) is 16.8 Å². The molecule has 0 N–H and O–H groups in total. The molecule has 0 saturated heterocycles. The molecule has 1 aliphatic carbocycles. The maximum Gasteiger partial charge on any atom is 0.120 e. The van der Waals surface area contributed by atoms with E-state index in [0.717, 1.165) is 75.6 Å². The Kier molecular flexibility index (Phi) is 10.2. The Morgan fingerprint density at radius 2 is 1.67 bits per heavy atom. The zero-order chi connectivity index (χ0) is 42.3. The normalized spacial score (nSPS) is 16.6. The number of hydrogen-bond acceptors (Lipinski definition) is 3. The second-order valence-electron chi connectivity index (χ2n) is 15.5. The summed E-state index contributed by atoms with van der Waals surface area (Å²) < 4.78 is 55.2. The van der Waals surface area contributed by atoms with E-state index in [4.69, 9.17) is 12.6 Å². The van der Waals surface area contributed by atoms with Gasteiger partial charge in [0.15, 0.2) is 0 Å². The Labute approximate surface area is 345 Å². The topological polar surface area (TPSA) is 38.9 Å². The number of pyridine rings is 2. The molecule has 8 rings (SSSR count). The molecule has 1 unspecified atom stereocenters. The van der Waals surface area contributed by atoms with Crippen LogP contribution < -0.4 is 5.19 Å². The molecule has 3 heterocycles. The Morgan fingerprint density at radius 3 is 2.37 bits per heavy atom. The van der Waals surface area contributed by atoms with E-state index in [0.29, 0.717) is 11.3 Å². The molecule has 0 amide bonds. The third-order valence-corrected chi connectivity index (χ3v) is 12.4. The molecule has 1 aliphatic rings. The molecule has 1 atom stereocenters. The minimum Gasteiger partial charge on any atom is -0.501 e. The van der Waals surface area contributed by atoms with E-state index >= 15 is 0 Å². The summed E-state index contributed by atoms with van der Waals surface area (Å²) in [4.78, 5) is 9.20. The van der Waals surface area contributed by atoms with E-state index in [-0.39, 0.29) is 37.5 Å². The zero-order valence-corrected chi connectivity index (χ0v) is 35.4. The van der Waals surface area contributed by atoms with Gasteiger partial charge in [0.05, 0.1) is 13.7 Å². The van der Waals surface area contributed by atoms with Crippen LogP contribution in [-0.2, 0) is 26.5 Å². The molecular formula is C49H52IrN2OSi-2. The molecule has 5 heteroatoms. The van der Waals surface area contributed by atoms with Crippen molar-refractivity contribution in [3.63, 3.8) is 0 Å². The third kappa shape index (κ3) is 8.86. The first-order valence-corrected chi connectivity index (χ1v) is 22.3. The van der Waals surface area contributed by atoms with Crippen LogP contribution in [0.4, 0.5) is 0 Å². The van der Waals surface area contributed by atoms with Gasteiger partial charge in [-0.1, -0.05) is 144 Å². The van der Waals surface area contributed by atoms with Crippen LogP contribution in [0.1, 0.15) is 77.3 Å². The Balaban J connectivity index is 0.000000204. The molecule has 279 valence electrons. The van der Waals surface area contributed by atoms with Crippen LogP contribution in [0.25, 0.3) is 55.6 Å². The summed E-state index contributed by atoms with van der Waals surface area (Å²) in [5, 5.41) is 3.27. The summed E-state index contributed by atoms with van der Waals surface area (Å²) in [6, 6.07) is 37.4. The van der Waals surface area contributed by atoms with E-state index in [1.807, 2.05) is 67.7 Å². The van der Waals surface area contributed by atoms with Gasteiger partial charge in [-0.3, -0.25) is 0 Å². The number of aromatic nitrogens is 2. The van der Waals surface area contributed by atoms with Gasteiger partial charge in [0.2, 0.25) is 0 Å². The van der Waals surface area contributed by atoms with Crippen LogP contribution in [-0.4, -0.2) is 18.0 Å². The SMILES string of the molecule is [2H]C([2H])([2H])c1c[c-]c(-c2cc(C([2H])(C)C(C)C)c([Si](C)(C)C)cn2)cc1.[2H]C([2H])(c1ccnc(-c2[c-]ccc3c2oc2ccc(-c4ccccc4)cc23)c1)C1CCCC1.[Ir]. The van der Waals surface area contributed by atoms with E-state index < -0.39 is 27.2 Å². The number of furan rings is 1. The smallest absolute Gasteiger partial charge is 0.120 e. The summed E-state index contributed by atoms with van der Waals surface area (Å²) in [6.07, 6.45) is 6.37. The van der Waals surface area contributed by atoms with Gasteiger partial charge in [-0.15, -0.1) is 53.6 Å². The van der Waals surface area contributed by atoms with Crippen LogP contribution in [0.15, 0.2) is 114 Å². The summed E-state index contributed by atoms with van der Waals surface area (Å²) >= 11 is 0. The van der Waals surface area contributed by atoms with Gasteiger partial charge < -0.3 is 14.4 Å². The number of aryl methyl sites for hydroxylation is 1. The van der Waals surface area contributed by atoms with Crippen LogP contribution >= 0.6 is 0 Å². The average Bonchev–Trinajstić information content (AvgIpc) is 3.90. The van der Waals surface area contributed by atoms with Crippen molar-refractivity contribution in [2.24, 2.45) is 11.8 Å². The molecular weight excluding hydrogens is 853 g/mol. The maximum atomic E-state index is 8.93. The number of hydrogen-bond donors (Lipinski definition) is 0. The predicted octanol–water partition coefficient (Wildman–Crippen LogP) is 13.0. The average molecular weight is 911 g/mol. The van der Waals surface area contributed by atoms with Crippen LogP contribution in [0, 0.1) is 30.8 Å². The molecule has 3 aromatic heterocycles. The molecule has 0 bridgehead atoms. The second kappa shape index (κ2) is 17.1. The second-order valence-corrected chi connectivity index (χ2v) is 20.6. The van der Waals surface area contributed by atoms with Gasteiger partial charge in [-0.25, -0.2) is 0 Å². The van der Waals surface area contributed by atoms with Crippen LogP contribution in [0.5, 0.6) is 0 Å². The fourth-order valence-electron chi connectivity index (χ4n) is 7.13. The van der Waals surface area contributed by atoms with Gasteiger partial charge in [-0.2, -0.15) is 0 Å². The standard InChI is InChI=1S/C29H24NO.C20H28NSi.Ir/c1-2-9-22(10-3-1)23-13-14-28-26(19-23)24-11-6-12-25(29(24)31-28)27-18-21(15-16-30-27)17-20-7-4-5-8-20;1-14(2)16(4)18-12-19(17-10-8-15(3)9-11-17)21-13-20(18)22(5,6)7;/h1-3,6,9-11,13-16,18-20H,4-5,7-8,17H2;8-10,12-14,16H,1-7H3;/q2*-1;/i17D2;3D3,16D;. The number of fused-ring (bicyclic) bond motifs is 3. The van der Waals surface area contributed by atoms with Gasteiger partial charge in [0.1, 0.15) is 5.58 Å². The summed E-state index contributed by atoms with van der Waals surface area (Å²) in [6.45, 7) is 10.8.